The predicted molar refractivity (Wildman–Crippen MR) is 74.9 cm³/mol. The van der Waals surface area contributed by atoms with Crippen molar-refractivity contribution in [2.24, 2.45) is 11.7 Å². The first-order chi connectivity index (χ1) is 9.56. The molecule has 3 N–H and O–H groups in total. The van der Waals surface area contributed by atoms with Crippen molar-refractivity contribution in [3.63, 3.8) is 0 Å². The Bertz CT molecular complexity index is 496. The molecule has 5 heteroatoms. The van der Waals surface area contributed by atoms with Crippen LogP contribution in [0.15, 0.2) is 24.3 Å². The molecule has 1 aliphatic heterocycles. The lowest BCUT2D eigenvalue weighted by atomic mass is 10.0. The van der Waals surface area contributed by atoms with E-state index in [-0.39, 0.29) is 11.8 Å². The van der Waals surface area contributed by atoms with Gasteiger partial charge >= 0.3 is 0 Å². The van der Waals surface area contributed by atoms with Crippen LogP contribution in [0.25, 0.3) is 0 Å². The molecule has 2 atom stereocenters. The van der Waals surface area contributed by atoms with Crippen molar-refractivity contribution in [3.05, 3.63) is 35.4 Å². The third kappa shape index (κ3) is 3.81. The molecule has 20 heavy (non-hydrogen) atoms. The molecule has 1 aromatic rings. The standard InChI is InChI=1S/C15H20N2O3/c1-10-3-2-4-11(7-10)8-13(14(16)18)17-15(19)12-5-6-20-9-12/h2-4,7,12-13H,5-6,8-9H2,1H3,(H2,16,18)(H,17,19)/t12-,13+/m0/s1. The zero-order chi connectivity index (χ0) is 14.5. The molecule has 0 bridgehead atoms. The van der Waals surface area contributed by atoms with E-state index in [2.05, 4.69) is 5.32 Å². The van der Waals surface area contributed by atoms with Crippen LogP contribution in [0, 0.1) is 12.8 Å². The number of carbonyl (C=O) groups is 2. The molecule has 0 saturated carbocycles. The molecule has 1 heterocycles. The molecule has 1 aromatic carbocycles. The van der Waals surface area contributed by atoms with Crippen molar-refractivity contribution >= 4 is 11.8 Å². The van der Waals surface area contributed by atoms with E-state index >= 15 is 0 Å². The molecule has 108 valence electrons. The molecule has 0 spiro atoms. The average molecular weight is 276 g/mol. The van der Waals surface area contributed by atoms with Gasteiger partial charge in [-0.3, -0.25) is 9.59 Å². The number of nitrogens with one attached hydrogen (secondary N) is 1. The highest BCUT2D eigenvalue weighted by atomic mass is 16.5. The number of hydrogen-bond donors (Lipinski definition) is 2. The van der Waals surface area contributed by atoms with E-state index < -0.39 is 11.9 Å². The van der Waals surface area contributed by atoms with Crippen molar-refractivity contribution < 1.29 is 14.3 Å². The van der Waals surface area contributed by atoms with Gasteiger partial charge in [0.15, 0.2) is 0 Å². The van der Waals surface area contributed by atoms with E-state index in [1.165, 1.54) is 0 Å². The Kier molecular flexibility index (Phi) is 4.74. The number of amides is 2. The summed E-state index contributed by atoms with van der Waals surface area (Å²) in [7, 11) is 0. The molecular formula is C15H20N2O3. The molecule has 0 unspecified atom stereocenters. The summed E-state index contributed by atoms with van der Waals surface area (Å²) in [5, 5.41) is 2.73. The fourth-order valence-electron chi connectivity index (χ4n) is 2.33. The van der Waals surface area contributed by atoms with Gasteiger partial charge in [0.1, 0.15) is 6.04 Å². The second-order valence-corrected chi connectivity index (χ2v) is 5.22. The summed E-state index contributed by atoms with van der Waals surface area (Å²) in [6.07, 6.45) is 1.11. The zero-order valence-corrected chi connectivity index (χ0v) is 11.6. The van der Waals surface area contributed by atoms with E-state index in [9.17, 15) is 9.59 Å². The van der Waals surface area contributed by atoms with Crippen molar-refractivity contribution in [1.82, 2.24) is 5.32 Å². The smallest absolute Gasteiger partial charge is 0.240 e. The van der Waals surface area contributed by atoms with Crippen LogP contribution in [-0.4, -0.2) is 31.1 Å². The number of hydrogen-bond acceptors (Lipinski definition) is 3. The Morgan fingerprint density at radius 1 is 1.50 bits per heavy atom. The molecule has 1 aliphatic rings. The normalized spacial score (nSPS) is 19.6. The number of carbonyl (C=O) groups excluding carboxylic acids is 2. The zero-order valence-electron chi connectivity index (χ0n) is 11.6. The third-order valence-electron chi connectivity index (χ3n) is 3.48. The number of primary amides is 1. The second-order valence-electron chi connectivity index (χ2n) is 5.22. The molecule has 0 radical (unpaired) electrons. The van der Waals surface area contributed by atoms with Crippen LogP contribution < -0.4 is 11.1 Å². The largest absolute Gasteiger partial charge is 0.381 e. The summed E-state index contributed by atoms with van der Waals surface area (Å²) in [5.74, 6) is -0.841. The van der Waals surface area contributed by atoms with Gasteiger partial charge in [0.2, 0.25) is 11.8 Å². The highest BCUT2D eigenvalue weighted by Crippen LogP contribution is 2.13. The number of ether oxygens (including phenoxy) is 1. The quantitative estimate of drug-likeness (QED) is 0.823. The van der Waals surface area contributed by atoms with Crippen LogP contribution in [0.1, 0.15) is 17.5 Å². The monoisotopic (exact) mass is 276 g/mol. The average Bonchev–Trinajstić information content (AvgIpc) is 2.91. The van der Waals surface area contributed by atoms with Gasteiger partial charge in [0.25, 0.3) is 0 Å². The van der Waals surface area contributed by atoms with Crippen LogP contribution in [0.3, 0.4) is 0 Å². The van der Waals surface area contributed by atoms with Crippen molar-refractivity contribution in [2.75, 3.05) is 13.2 Å². The molecule has 2 amide bonds. The first-order valence-electron chi connectivity index (χ1n) is 6.79. The van der Waals surface area contributed by atoms with Gasteiger partial charge in [0.05, 0.1) is 12.5 Å². The maximum atomic E-state index is 12.0. The number of nitrogens with two attached hydrogens (primary N) is 1. The fourth-order valence-corrected chi connectivity index (χ4v) is 2.33. The van der Waals surface area contributed by atoms with E-state index in [0.29, 0.717) is 26.1 Å². The Hall–Kier alpha value is -1.88. The second kappa shape index (κ2) is 6.52. The van der Waals surface area contributed by atoms with E-state index in [4.69, 9.17) is 10.5 Å². The van der Waals surface area contributed by atoms with E-state index in [1.54, 1.807) is 0 Å². The van der Waals surface area contributed by atoms with Crippen LogP contribution in [-0.2, 0) is 20.7 Å². The minimum absolute atomic E-state index is 0.154. The maximum Gasteiger partial charge on any atom is 0.240 e. The van der Waals surface area contributed by atoms with Gasteiger partial charge in [-0.05, 0) is 18.9 Å². The van der Waals surface area contributed by atoms with Gasteiger partial charge in [-0.2, -0.15) is 0 Å². The molecular weight excluding hydrogens is 256 g/mol. The Morgan fingerprint density at radius 2 is 2.30 bits per heavy atom. The lowest BCUT2D eigenvalue weighted by molar-refractivity contribution is -0.129. The maximum absolute atomic E-state index is 12.0. The summed E-state index contributed by atoms with van der Waals surface area (Å²) in [6.45, 7) is 3.00. The summed E-state index contributed by atoms with van der Waals surface area (Å²) >= 11 is 0. The topological polar surface area (TPSA) is 81.4 Å². The molecule has 2 rings (SSSR count). The molecule has 1 fully saturated rings. The highest BCUT2D eigenvalue weighted by molar-refractivity contribution is 5.87. The van der Waals surface area contributed by atoms with Crippen molar-refractivity contribution in [2.45, 2.75) is 25.8 Å². The van der Waals surface area contributed by atoms with Crippen molar-refractivity contribution in [1.29, 1.82) is 0 Å². The van der Waals surface area contributed by atoms with E-state index in [1.807, 2.05) is 31.2 Å². The highest BCUT2D eigenvalue weighted by Gasteiger charge is 2.27. The van der Waals surface area contributed by atoms with Gasteiger partial charge in [0, 0.05) is 13.0 Å². The van der Waals surface area contributed by atoms with Crippen LogP contribution in [0.2, 0.25) is 0 Å². The summed E-state index contributed by atoms with van der Waals surface area (Å²) in [5.41, 5.74) is 7.48. The molecule has 0 aromatic heterocycles. The first-order valence-corrected chi connectivity index (χ1v) is 6.79. The van der Waals surface area contributed by atoms with Crippen LogP contribution >= 0.6 is 0 Å². The van der Waals surface area contributed by atoms with Crippen LogP contribution in [0.5, 0.6) is 0 Å². The Labute approximate surface area is 118 Å². The van der Waals surface area contributed by atoms with Gasteiger partial charge in [-0.15, -0.1) is 0 Å². The minimum Gasteiger partial charge on any atom is -0.381 e. The van der Waals surface area contributed by atoms with Gasteiger partial charge < -0.3 is 15.8 Å². The number of aryl methyl sites for hydroxylation is 1. The summed E-state index contributed by atoms with van der Waals surface area (Å²) in [6, 6.07) is 7.14. The lowest BCUT2D eigenvalue weighted by Crippen LogP contribution is -2.48. The van der Waals surface area contributed by atoms with Gasteiger partial charge in [-0.1, -0.05) is 29.8 Å². The Balaban J connectivity index is 2.00. The molecule has 5 nitrogen and oxygen atoms in total. The summed E-state index contributed by atoms with van der Waals surface area (Å²) < 4.78 is 5.18. The minimum atomic E-state index is -0.676. The molecule has 0 aliphatic carbocycles. The summed E-state index contributed by atoms with van der Waals surface area (Å²) in [4.78, 5) is 23.5. The van der Waals surface area contributed by atoms with Crippen LogP contribution in [0.4, 0.5) is 0 Å². The fraction of sp³-hybridized carbons (Fsp3) is 0.467. The third-order valence-corrected chi connectivity index (χ3v) is 3.48. The first kappa shape index (κ1) is 14.5. The Morgan fingerprint density at radius 3 is 2.90 bits per heavy atom. The predicted octanol–water partition coefficient (Wildman–Crippen LogP) is 0.544. The molecule has 1 saturated heterocycles. The number of benzene rings is 1. The van der Waals surface area contributed by atoms with E-state index in [0.717, 1.165) is 11.1 Å². The lowest BCUT2D eigenvalue weighted by Gasteiger charge is -2.18. The van der Waals surface area contributed by atoms with Crippen molar-refractivity contribution in [3.8, 4) is 0 Å². The SMILES string of the molecule is Cc1cccc(C[C@@H](NC(=O)[C@H]2CCOC2)C(N)=O)c1. The van der Waals surface area contributed by atoms with Gasteiger partial charge in [-0.25, -0.2) is 0 Å². The number of rotatable bonds is 5.